The van der Waals surface area contributed by atoms with Crippen molar-refractivity contribution in [3.8, 4) is 11.5 Å². The zero-order chi connectivity index (χ0) is 13.0. The molecule has 0 aliphatic rings. The molecule has 2 aromatic carbocycles. The van der Waals surface area contributed by atoms with E-state index in [0.717, 1.165) is 5.56 Å². The van der Waals surface area contributed by atoms with Gasteiger partial charge in [0.25, 0.3) is 0 Å². The number of rotatable bonds is 4. The third-order valence-electron chi connectivity index (χ3n) is 2.60. The molecule has 18 heavy (non-hydrogen) atoms. The third-order valence-corrected chi connectivity index (χ3v) is 2.60. The molecule has 0 saturated carbocycles. The van der Waals surface area contributed by atoms with Crippen LogP contribution in [-0.4, -0.2) is 10.9 Å². The van der Waals surface area contributed by atoms with Crippen molar-refractivity contribution in [3.63, 3.8) is 0 Å². The van der Waals surface area contributed by atoms with Gasteiger partial charge in [-0.1, -0.05) is 30.3 Å². The van der Waals surface area contributed by atoms with E-state index in [-0.39, 0.29) is 11.5 Å². The molecule has 0 radical (unpaired) electrons. The lowest BCUT2D eigenvalue weighted by molar-refractivity contribution is 0.101. The van der Waals surface area contributed by atoms with Gasteiger partial charge in [0, 0.05) is 5.56 Å². The first kappa shape index (κ1) is 12.2. The Kier molecular flexibility index (Phi) is 3.63. The van der Waals surface area contributed by atoms with E-state index in [0.29, 0.717) is 17.9 Å². The van der Waals surface area contributed by atoms with E-state index in [9.17, 15) is 9.90 Å². The summed E-state index contributed by atoms with van der Waals surface area (Å²) in [5.74, 6) is 0.307. The molecule has 0 unspecified atom stereocenters. The lowest BCUT2D eigenvalue weighted by Crippen LogP contribution is -1.98. The Balaban J connectivity index is 2.14. The molecule has 3 nitrogen and oxygen atoms in total. The molecule has 0 amide bonds. The fourth-order valence-electron chi connectivity index (χ4n) is 1.58. The number of hydrogen-bond donors (Lipinski definition) is 1. The van der Waals surface area contributed by atoms with Gasteiger partial charge in [-0.25, -0.2) is 0 Å². The summed E-state index contributed by atoms with van der Waals surface area (Å²) in [5.41, 5.74) is 1.53. The van der Waals surface area contributed by atoms with Crippen LogP contribution in [0.25, 0.3) is 0 Å². The molecular weight excluding hydrogens is 228 g/mol. The number of ketones is 1. The summed E-state index contributed by atoms with van der Waals surface area (Å²) in [7, 11) is 0. The lowest BCUT2D eigenvalue weighted by Gasteiger charge is -2.09. The largest absolute Gasteiger partial charge is 0.504 e. The van der Waals surface area contributed by atoms with Crippen LogP contribution >= 0.6 is 0 Å². The van der Waals surface area contributed by atoms with E-state index >= 15 is 0 Å². The Hall–Kier alpha value is -2.29. The highest BCUT2D eigenvalue weighted by atomic mass is 16.5. The van der Waals surface area contributed by atoms with Gasteiger partial charge in [-0.15, -0.1) is 0 Å². The Bertz CT molecular complexity index is 547. The number of ether oxygens (including phenoxy) is 1. The lowest BCUT2D eigenvalue weighted by atomic mass is 10.1. The number of aromatic hydroxyl groups is 1. The second kappa shape index (κ2) is 5.36. The van der Waals surface area contributed by atoms with E-state index in [4.69, 9.17) is 4.74 Å². The van der Waals surface area contributed by atoms with Gasteiger partial charge in [0.05, 0.1) is 0 Å². The molecule has 0 fully saturated rings. The summed E-state index contributed by atoms with van der Waals surface area (Å²) in [6, 6.07) is 14.2. The third kappa shape index (κ3) is 2.88. The maximum absolute atomic E-state index is 11.2. The van der Waals surface area contributed by atoms with Gasteiger partial charge < -0.3 is 9.84 Å². The highest BCUT2D eigenvalue weighted by Gasteiger charge is 2.07. The van der Waals surface area contributed by atoms with Crippen molar-refractivity contribution < 1.29 is 14.6 Å². The van der Waals surface area contributed by atoms with Crippen molar-refractivity contribution in [2.75, 3.05) is 0 Å². The van der Waals surface area contributed by atoms with Gasteiger partial charge in [0.1, 0.15) is 6.61 Å². The molecule has 0 aliphatic heterocycles. The average molecular weight is 242 g/mol. The van der Waals surface area contributed by atoms with Crippen molar-refractivity contribution in [3.05, 3.63) is 59.7 Å². The smallest absolute Gasteiger partial charge is 0.162 e. The summed E-state index contributed by atoms with van der Waals surface area (Å²) >= 11 is 0. The predicted octanol–water partition coefficient (Wildman–Crippen LogP) is 3.17. The minimum atomic E-state index is -0.0560. The second-order valence-electron chi connectivity index (χ2n) is 4.01. The number of Topliss-reactive ketones (excluding diaryl/α,β-unsaturated/α-hetero) is 1. The maximum atomic E-state index is 11.2. The fourth-order valence-corrected chi connectivity index (χ4v) is 1.58. The number of carbonyl (C=O) groups is 1. The van der Waals surface area contributed by atoms with Crippen LogP contribution < -0.4 is 4.74 Å². The first-order valence-corrected chi connectivity index (χ1v) is 5.67. The number of phenols is 1. The Labute approximate surface area is 106 Å². The Morgan fingerprint density at radius 2 is 1.89 bits per heavy atom. The van der Waals surface area contributed by atoms with Crippen LogP contribution in [0.3, 0.4) is 0 Å². The maximum Gasteiger partial charge on any atom is 0.162 e. The van der Waals surface area contributed by atoms with Gasteiger partial charge in [0.15, 0.2) is 17.3 Å². The molecule has 0 aromatic heterocycles. The zero-order valence-corrected chi connectivity index (χ0v) is 10.1. The van der Waals surface area contributed by atoms with Crippen LogP contribution in [0, 0.1) is 0 Å². The Morgan fingerprint density at radius 1 is 1.17 bits per heavy atom. The monoisotopic (exact) mass is 242 g/mol. The molecule has 1 N–H and O–H groups in total. The van der Waals surface area contributed by atoms with Crippen molar-refractivity contribution in [2.45, 2.75) is 13.5 Å². The molecule has 0 atom stereocenters. The van der Waals surface area contributed by atoms with E-state index in [1.165, 1.54) is 13.0 Å². The van der Waals surface area contributed by atoms with Crippen LogP contribution in [0.5, 0.6) is 11.5 Å². The second-order valence-corrected chi connectivity index (χ2v) is 4.01. The molecule has 0 heterocycles. The van der Waals surface area contributed by atoms with Gasteiger partial charge in [-0.3, -0.25) is 4.79 Å². The normalized spacial score (nSPS) is 10.1. The SMILES string of the molecule is CC(=O)c1ccc(O)c(OCc2ccccc2)c1. The molecule has 0 aliphatic carbocycles. The first-order chi connectivity index (χ1) is 8.66. The molecule has 2 rings (SSSR count). The van der Waals surface area contributed by atoms with E-state index in [1.807, 2.05) is 30.3 Å². The number of hydrogen-bond acceptors (Lipinski definition) is 3. The highest BCUT2D eigenvalue weighted by Crippen LogP contribution is 2.27. The molecule has 2 aromatic rings. The van der Waals surface area contributed by atoms with Crippen LogP contribution in [0.1, 0.15) is 22.8 Å². The zero-order valence-electron chi connectivity index (χ0n) is 10.1. The molecule has 0 saturated heterocycles. The highest BCUT2D eigenvalue weighted by molar-refractivity contribution is 5.94. The topological polar surface area (TPSA) is 46.5 Å². The summed E-state index contributed by atoms with van der Waals surface area (Å²) < 4.78 is 5.51. The first-order valence-electron chi connectivity index (χ1n) is 5.67. The summed E-state index contributed by atoms with van der Waals surface area (Å²) in [5, 5.41) is 9.66. The van der Waals surface area contributed by atoms with E-state index in [2.05, 4.69) is 0 Å². The van der Waals surface area contributed by atoms with Gasteiger partial charge in [-0.2, -0.15) is 0 Å². The van der Waals surface area contributed by atoms with Crippen LogP contribution in [-0.2, 0) is 6.61 Å². The minimum Gasteiger partial charge on any atom is -0.504 e. The van der Waals surface area contributed by atoms with Crippen LogP contribution in [0.2, 0.25) is 0 Å². The van der Waals surface area contributed by atoms with E-state index < -0.39 is 0 Å². The minimum absolute atomic E-state index is 0.0379. The van der Waals surface area contributed by atoms with Crippen molar-refractivity contribution in [1.29, 1.82) is 0 Å². The molecule has 92 valence electrons. The average Bonchev–Trinajstić information content (AvgIpc) is 2.38. The van der Waals surface area contributed by atoms with E-state index in [1.54, 1.807) is 12.1 Å². The predicted molar refractivity (Wildman–Crippen MR) is 68.9 cm³/mol. The Morgan fingerprint density at radius 3 is 2.56 bits per heavy atom. The van der Waals surface area contributed by atoms with Gasteiger partial charge in [0.2, 0.25) is 0 Å². The molecule has 0 bridgehead atoms. The molecular formula is C15H14O3. The number of phenolic OH excluding ortho intramolecular Hbond substituents is 1. The van der Waals surface area contributed by atoms with Crippen molar-refractivity contribution >= 4 is 5.78 Å². The standard InChI is InChI=1S/C15H14O3/c1-11(16)13-7-8-14(17)15(9-13)18-10-12-5-3-2-4-6-12/h2-9,17H,10H2,1H3. The molecule has 0 spiro atoms. The van der Waals surface area contributed by atoms with Crippen molar-refractivity contribution in [2.24, 2.45) is 0 Å². The fraction of sp³-hybridized carbons (Fsp3) is 0.133. The number of carbonyl (C=O) groups excluding carboxylic acids is 1. The van der Waals surface area contributed by atoms with Crippen LogP contribution in [0.4, 0.5) is 0 Å². The molecule has 3 heteroatoms. The summed E-state index contributed by atoms with van der Waals surface area (Å²) in [6.45, 7) is 1.84. The van der Waals surface area contributed by atoms with Gasteiger partial charge in [-0.05, 0) is 30.7 Å². The van der Waals surface area contributed by atoms with Gasteiger partial charge >= 0.3 is 0 Å². The number of benzene rings is 2. The van der Waals surface area contributed by atoms with Crippen molar-refractivity contribution in [1.82, 2.24) is 0 Å². The van der Waals surface area contributed by atoms with Crippen LogP contribution in [0.15, 0.2) is 48.5 Å². The summed E-state index contributed by atoms with van der Waals surface area (Å²) in [4.78, 5) is 11.2. The summed E-state index contributed by atoms with van der Waals surface area (Å²) in [6.07, 6.45) is 0. The quantitative estimate of drug-likeness (QED) is 0.837.